The van der Waals surface area contributed by atoms with Crippen LogP contribution in [0.5, 0.6) is 0 Å². The molecule has 38 nitrogen and oxygen atoms in total. The van der Waals surface area contributed by atoms with Gasteiger partial charge in [-0.15, -0.1) is 0 Å². The zero-order valence-corrected chi connectivity index (χ0v) is 78.9. The molecular weight excluding hydrogens is 1640 g/mol. The third-order valence-corrected chi connectivity index (χ3v) is 24.0. The number of aliphatic carboxylic acids is 1. The summed E-state index contributed by atoms with van der Waals surface area (Å²) in [5, 5.41) is 11.5. The molecule has 39 heteroatoms. The molecule has 7 aliphatic rings. The molecule has 0 aliphatic carbocycles. The maximum atomic E-state index is 11.4. The Bertz CT molecular complexity index is 4450. The van der Waals surface area contributed by atoms with E-state index in [4.69, 9.17) is 10.8 Å². The fraction of sp³-hybridized carbons (Fsp3) is 0.625. The molecule has 0 bridgehead atoms. The fourth-order valence-corrected chi connectivity index (χ4v) is 14.6. The van der Waals surface area contributed by atoms with Crippen molar-refractivity contribution in [1.29, 1.82) is 0 Å². The maximum Gasteiger partial charge on any atom is 0.319 e. The molecule has 7 aromatic heterocycles. The van der Waals surface area contributed by atoms with Crippen molar-refractivity contribution in [1.82, 2.24) is 104 Å². The number of esters is 1. The van der Waals surface area contributed by atoms with Crippen molar-refractivity contribution in [3.05, 3.63) is 126 Å². The van der Waals surface area contributed by atoms with Crippen LogP contribution in [0.1, 0.15) is 184 Å². The van der Waals surface area contributed by atoms with Gasteiger partial charge in [-0.25, -0.2) is 78.2 Å². The monoisotopic (exact) mass is 1780 g/mol. The van der Waals surface area contributed by atoms with Crippen LogP contribution in [0.15, 0.2) is 86.8 Å². The van der Waals surface area contributed by atoms with Gasteiger partial charge in [0.15, 0.2) is 0 Å². The van der Waals surface area contributed by atoms with Crippen LogP contribution >= 0.6 is 0 Å². The molecule has 7 fully saturated rings. The highest BCUT2D eigenvalue weighted by Gasteiger charge is 2.29. The van der Waals surface area contributed by atoms with E-state index >= 15 is 0 Å². The van der Waals surface area contributed by atoms with Crippen LogP contribution in [0, 0.1) is 0 Å². The highest BCUT2D eigenvalue weighted by molar-refractivity contribution is 7.88. The van der Waals surface area contributed by atoms with Crippen molar-refractivity contribution < 1.29 is 42.2 Å². The highest BCUT2D eigenvalue weighted by atomic mass is 32.2. The molecule has 3 amide bonds. The molecule has 14 rings (SSSR count). The number of carboxylic acids is 1. The van der Waals surface area contributed by atoms with Crippen molar-refractivity contribution >= 4 is 81.3 Å². The van der Waals surface area contributed by atoms with Crippen LogP contribution in [0.4, 0.5) is 41.6 Å². The zero-order valence-electron chi connectivity index (χ0n) is 78.1. The quantitative estimate of drug-likeness (QED) is 0.0721. The zero-order chi connectivity index (χ0) is 92.4. The number of ether oxygens (including phenoxy) is 1. The Morgan fingerprint density at radius 3 is 0.835 bits per heavy atom. The molecule has 4 N–H and O–H groups in total. The average Bonchev–Trinajstić information content (AvgIpc) is 0.856. The third-order valence-electron chi connectivity index (χ3n) is 22.7. The molecule has 0 spiro atoms. The van der Waals surface area contributed by atoms with E-state index in [1.807, 2.05) is 106 Å². The van der Waals surface area contributed by atoms with Crippen LogP contribution < -0.4 is 45.3 Å². The number of hydrogen-bond acceptors (Lipinski definition) is 33. The van der Waals surface area contributed by atoms with E-state index in [9.17, 15) is 32.4 Å². The van der Waals surface area contributed by atoms with E-state index in [1.54, 1.807) is 6.92 Å². The van der Waals surface area contributed by atoms with Crippen molar-refractivity contribution in [2.75, 3.05) is 251 Å². The molecule has 0 aromatic carbocycles. The van der Waals surface area contributed by atoms with Gasteiger partial charge in [0.1, 0.15) is 0 Å². The van der Waals surface area contributed by atoms with Crippen molar-refractivity contribution in [3.8, 4) is 0 Å². The smallest absolute Gasteiger partial charge is 0.319 e. The molecular formula is C88H139N29O9S. The summed E-state index contributed by atoms with van der Waals surface area (Å²) in [6.07, 6.45) is 27.6. The number of nitrogens with zero attached hydrogens (tertiary/aromatic N) is 27. The number of hydrogen-bond donors (Lipinski definition) is 3. The Labute approximate surface area is 751 Å². The number of carboxylic acid groups (broad SMARTS) is 1. The Balaban J connectivity index is 0.000000183. The SMILES string of the molecule is CC(=O)N1CCN(c2ncc(C(C)C)cn2)CC1.CC(C)c1cnc(N2CCN(C)CC2)nc1.CC(C)c1cnc(N2CCN(CC(=O)O)CC2)nc1.CC(C)c1cnc(N2CCN(CC(N)=O)CC2)nc1.CC(C)c1cnc(N2CCN(S(C)(=O)=O)CC2)nc1.CC(C)c1cnc(N2CCNC(=O)C2)nc1.COC(=O)CN1CCN(c2ncc(C(C)C)cn2)CC1. The summed E-state index contributed by atoms with van der Waals surface area (Å²) >= 11 is 0. The van der Waals surface area contributed by atoms with E-state index in [0.29, 0.717) is 106 Å². The van der Waals surface area contributed by atoms with Crippen LogP contribution in [0.3, 0.4) is 0 Å². The summed E-state index contributed by atoms with van der Waals surface area (Å²) in [5.74, 6) is 7.29. The predicted molar refractivity (Wildman–Crippen MR) is 496 cm³/mol. The number of primary amides is 1. The first-order valence-electron chi connectivity index (χ1n) is 44.4. The van der Waals surface area contributed by atoms with Gasteiger partial charge in [0, 0.05) is 264 Å². The van der Waals surface area contributed by atoms with Crippen molar-refractivity contribution in [3.63, 3.8) is 0 Å². The van der Waals surface area contributed by atoms with Crippen molar-refractivity contribution in [2.45, 2.75) is 145 Å². The van der Waals surface area contributed by atoms with Crippen LogP contribution in [0.2, 0.25) is 0 Å². The summed E-state index contributed by atoms with van der Waals surface area (Å²) in [6, 6.07) is 0. The van der Waals surface area contributed by atoms with Gasteiger partial charge in [0.2, 0.25) is 69.4 Å². The molecule has 7 aliphatic heterocycles. The number of amides is 3. The molecule has 0 unspecified atom stereocenters. The first kappa shape index (κ1) is 102. The lowest BCUT2D eigenvalue weighted by Crippen LogP contribution is -2.49. The largest absolute Gasteiger partial charge is 0.480 e. The van der Waals surface area contributed by atoms with Gasteiger partial charge in [0.05, 0.1) is 39.5 Å². The van der Waals surface area contributed by atoms with Gasteiger partial charge in [-0.05, 0) is 87.4 Å². The normalized spacial score (nSPS) is 17.0. The number of carbonyl (C=O) groups excluding carboxylic acids is 4. The van der Waals surface area contributed by atoms with Crippen LogP contribution in [0.25, 0.3) is 0 Å². The number of nitrogens with one attached hydrogen (secondary N) is 1. The molecule has 0 radical (unpaired) electrons. The standard InChI is InChI=1S/C14H22N4O2.C13H21N5O.C13H20N4O2.C13H20N4O.C12H20N4O2S.C12H20N4.C11H16N4O/c1-11(2)12-8-15-14(16-9-12)18-6-4-17(5-7-18)10-13(19)20-3;1-10(2)11-7-15-13(16-8-11)18-5-3-17(4-6-18)9-12(14)19;1-10(2)11-7-14-13(15-8-11)17-5-3-16(4-6-17)9-12(18)19;1-10(2)12-8-14-13(15-9-12)17-6-4-16(5-7-17)11(3)18;1-10(2)11-8-13-12(14-9-11)15-4-6-16(7-5-15)19(3,17)18;1-10(2)11-8-13-12(14-9-11)16-6-4-15(3)5-7-16;1-8(2)9-5-13-11(14-6-9)15-4-3-12-10(16)7-15/h8-9,11H,4-7,10H2,1-3H3;7-8,10H,3-6,9H2,1-2H3,(H2,14,19);7-8,10H,3-6,9H2,1-2H3,(H,18,19);8-10H,4-7H2,1-3H3;8-10H,4-7H2,1-3H3;8-10H,4-7H2,1-3H3;5-6,8H,3-4,7H2,1-2H3,(H,12,16). The lowest BCUT2D eigenvalue weighted by molar-refractivity contribution is -0.142. The van der Waals surface area contributed by atoms with Gasteiger partial charge in [0.25, 0.3) is 0 Å². The number of anilines is 7. The van der Waals surface area contributed by atoms with E-state index in [1.165, 1.54) is 23.2 Å². The van der Waals surface area contributed by atoms with E-state index < -0.39 is 16.0 Å². The van der Waals surface area contributed by atoms with Crippen LogP contribution in [-0.4, -0.2) is 359 Å². The number of aromatic nitrogens is 14. The summed E-state index contributed by atoms with van der Waals surface area (Å²) in [6.45, 7) is 53.2. The molecule has 127 heavy (non-hydrogen) atoms. The number of sulfonamides is 1. The topological polar surface area (TPSA) is 410 Å². The molecule has 7 saturated heterocycles. The Morgan fingerprint density at radius 1 is 0.370 bits per heavy atom. The van der Waals surface area contributed by atoms with Gasteiger partial charge in [-0.3, -0.25) is 38.7 Å². The number of likely N-dealkylation sites (N-methyl/N-ethyl adjacent to an activating group) is 1. The van der Waals surface area contributed by atoms with Gasteiger partial charge < -0.3 is 65.0 Å². The van der Waals surface area contributed by atoms with Crippen LogP contribution in [-0.2, 0) is 38.7 Å². The summed E-state index contributed by atoms with van der Waals surface area (Å²) in [4.78, 5) is 142. The molecule has 696 valence electrons. The first-order valence-corrected chi connectivity index (χ1v) is 46.2. The number of carbonyl (C=O) groups is 5. The Kier molecular flexibility index (Phi) is 40.6. The second-order valence-electron chi connectivity index (χ2n) is 34.7. The van der Waals surface area contributed by atoms with Gasteiger partial charge in [-0.1, -0.05) is 96.9 Å². The number of piperazine rings is 7. The molecule has 0 saturated carbocycles. The molecule has 0 atom stereocenters. The lowest BCUT2D eigenvalue weighted by Gasteiger charge is -2.34. The Hall–Kier alpha value is -10.7. The summed E-state index contributed by atoms with van der Waals surface area (Å²) in [7, 11) is 0.489. The first-order chi connectivity index (χ1) is 60.5. The van der Waals surface area contributed by atoms with E-state index in [-0.39, 0.29) is 30.2 Å². The van der Waals surface area contributed by atoms with Gasteiger partial charge in [-0.2, -0.15) is 4.31 Å². The average molecular weight is 1780 g/mol. The minimum atomic E-state index is -3.08. The minimum Gasteiger partial charge on any atom is -0.480 e. The summed E-state index contributed by atoms with van der Waals surface area (Å²) < 4.78 is 29.0. The number of nitrogens with two attached hydrogens (primary N) is 1. The lowest BCUT2D eigenvalue weighted by atomic mass is 10.1. The fourth-order valence-electron chi connectivity index (χ4n) is 13.8. The Morgan fingerprint density at radius 2 is 0.606 bits per heavy atom. The highest BCUT2D eigenvalue weighted by Crippen LogP contribution is 2.24. The predicted octanol–water partition coefficient (Wildman–Crippen LogP) is 5.75. The second kappa shape index (κ2) is 50.7. The number of rotatable bonds is 21. The second-order valence-corrected chi connectivity index (χ2v) is 36.7. The minimum absolute atomic E-state index is 0.0304. The third kappa shape index (κ3) is 33.8. The molecule has 7 aromatic rings. The van der Waals surface area contributed by atoms with Gasteiger partial charge >= 0.3 is 11.9 Å². The molecule has 14 heterocycles. The summed E-state index contributed by atoms with van der Waals surface area (Å²) in [5.41, 5.74) is 13.2. The van der Waals surface area contributed by atoms with E-state index in [2.05, 4.69) is 223 Å². The van der Waals surface area contributed by atoms with Crippen molar-refractivity contribution in [2.24, 2.45) is 5.73 Å². The maximum absolute atomic E-state index is 11.4. The number of methoxy groups -OCH3 is 1. The van der Waals surface area contributed by atoms with E-state index in [0.717, 1.165) is 201 Å².